The van der Waals surface area contributed by atoms with Crippen molar-refractivity contribution in [1.29, 1.82) is 0 Å². The second-order valence-electron chi connectivity index (χ2n) is 15.0. The summed E-state index contributed by atoms with van der Waals surface area (Å²) >= 11 is 0. The van der Waals surface area contributed by atoms with E-state index in [0.717, 1.165) is 39.0 Å². The molecule has 2 nitrogen and oxygen atoms in total. The van der Waals surface area contributed by atoms with Crippen molar-refractivity contribution in [3.8, 4) is 33.4 Å². The Morgan fingerprint density at radius 3 is 1.62 bits per heavy atom. The second kappa shape index (κ2) is 12.7. The summed E-state index contributed by atoms with van der Waals surface area (Å²) in [6.45, 7) is 2.41. The molecule has 0 bridgehead atoms. The van der Waals surface area contributed by atoms with Crippen molar-refractivity contribution in [2.24, 2.45) is 0 Å². The minimum Gasteiger partial charge on any atom is -0.456 e. The van der Waals surface area contributed by atoms with Crippen LogP contribution in [0.25, 0.3) is 66.1 Å². The number of hydrogen-bond donors (Lipinski definition) is 0. The third kappa shape index (κ3) is 4.96. The largest absolute Gasteiger partial charge is 0.456 e. The zero-order chi connectivity index (χ0) is 37.2. The molecule has 0 N–H and O–H groups in total. The first kappa shape index (κ1) is 32.3. The summed E-state index contributed by atoms with van der Waals surface area (Å²) in [4.78, 5) is 2.47. The molecular formula is C54H37NO. The molecule has 0 saturated carbocycles. The van der Waals surface area contributed by atoms with E-state index in [4.69, 9.17) is 4.42 Å². The van der Waals surface area contributed by atoms with Gasteiger partial charge in [-0.3, -0.25) is 0 Å². The smallest absolute Gasteiger partial charge is 0.137 e. The van der Waals surface area contributed by atoms with Crippen LogP contribution in [0.15, 0.2) is 211 Å². The highest BCUT2D eigenvalue weighted by atomic mass is 16.3. The fourth-order valence-corrected chi connectivity index (χ4v) is 9.19. The minimum absolute atomic E-state index is 0.456. The van der Waals surface area contributed by atoms with Gasteiger partial charge in [-0.1, -0.05) is 164 Å². The van der Waals surface area contributed by atoms with E-state index in [-0.39, 0.29) is 0 Å². The summed E-state index contributed by atoms with van der Waals surface area (Å²) in [5.41, 5.74) is 15.7. The van der Waals surface area contributed by atoms with Gasteiger partial charge in [-0.2, -0.15) is 0 Å². The summed E-state index contributed by atoms with van der Waals surface area (Å²) in [6, 6.07) is 74.8. The quantitative estimate of drug-likeness (QED) is 0.170. The average Bonchev–Trinajstić information content (AvgIpc) is 3.78. The number of anilines is 3. The van der Waals surface area contributed by atoms with Crippen molar-refractivity contribution < 1.29 is 4.42 Å². The molecule has 1 heterocycles. The highest BCUT2D eigenvalue weighted by Gasteiger charge is 2.43. The number of nitrogens with zero attached hydrogens (tertiary/aromatic N) is 1. The Hall–Kier alpha value is -7.16. The van der Waals surface area contributed by atoms with Gasteiger partial charge in [0.15, 0.2) is 0 Å². The van der Waals surface area contributed by atoms with Gasteiger partial charge in [0.1, 0.15) is 11.2 Å². The summed E-state index contributed by atoms with van der Waals surface area (Å²) in [5, 5.41) is 4.69. The zero-order valence-corrected chi connectivity index (χ0v) is 31.0. The van der Waals surface area contributed by atoms with E-state index in [1.54, 1.807) is 0 Å². The van der Waals surface area contributed by atoms with E-state index in [1.165, 1.54) is 60.8 Å². The van der Waals surface area contributed by atoms with E-state index in [2.05, 4.69) is 218 Å². The van der Waals surface area contributed by atoms with Gasteiger partial charge < -0.3 is 9.32 Å². The van der Waals surface area contributed by atoms with E-state index < -0.39 is 5.41 Å². The third-order valence-corrected chi connectivity index (χ3v) is 11.9. The van der Waals surface area contributed by atoms with Gasteiger partial charge in [-0.25, -0.2) is 0 Å². The van der Waals surface area contributed by atoms with E-state index in [9.17, 15) is 0 Å². The van der Waals surface area contributed by atoms with Crippen LogP contribution in [0.5, 0.6) is 0 Å². The van der Waals surface area contributed by atoms with Crippen LogP contribution in [0, 0.1) is 0 Å². The van der Waals surface area contributed by atoms with Gasteiger partial charge in [0, 0.05) is 22.2 Å². The van der Waals surface area contributed by atoms with Crippen molar-refractivity contribution in [3.05, 3.63) is 223 Å². The molecule has 0 fully saturated rings. The van der Waals surface area contributed by atoms with Crippen LogP contribution in [0.4, 0.5) is 17.1 Å². The number of fused-ring (bicyclic) bond motifs is 7. The Morgan fingerprint density at radius 1 is 0.393 bits per heavy atom. The van der Waals surface area contributed by atoms with Gasteiger partial charge in [-0.15, -0.1) is 0 Å². The van der Waals surface area contributed by atoms with Crippen LogP contribution in [0.2, 0.25) is 0 Å². The van der Waals surface area contributed by atoms with Crippen molar-refractivity contribution >= 4 is 49.8 Å². The Balaban J connectivity index is 1.19. The lowest BCUT2D eigenvalue weighted by Gasteiger charge is -2.36. The topological polar surface area (TPSA) is 16.4 Å². The Labute approximate surface area is 326 Å². The number of rotatable bonds is 6. The van der Waals surface area contributed by atoms with E-state index >= 15 is 0 Å². The molecule has 0 saturated heterocycles. The molecule has 0 radical (unpaired) electrons. The summed E-state index contributed by atoms with van der Waals surface area (Å²) in [7, 11) is 0. The first-order valence-corrected chi connectivity index (χ1v) is 19.3. The van der Waals surface area contributed by atoms with Crippen LogP contribution < -0.4 is 4.90 Å². The molecular weight excluding hydrogens is 679 g/mol. The van der Waals surface area contributed by atoms with Gasteiger partial charge in [0.2, 0.25) is 0 Å². The minimum atomic E-state index is -0.456. The molecule has 0 unspecified atom stereocenters. The molecule has 0 aliphatic heterocycles. The van der Waals surface area contributed by atoms with Crippen molar-refractivity contribution in [2.45, 2.75) is 12.3 Å². The first-order valence-electron chi connectivity index (χ1n) is 19.3. The van der Waals surface area contributed by atoms with Gasteiger partial charge in [0.25, 0.3) is 0 Å². The maximum absolute atomic E-state index is 6.67. The maximum atomic E-state index is 6.67. The molecule has 0 spiro atoms. The molecule has 1 aliphatic rings. The van der Waals surface area contributed by atoms with Crippen LogP contribution in [-0.4, -0.2) is 0 Å². The predicted octanol–water partition coefficient (Wildman–Crippen LogP) is 14.9. The molecule has 264 valence electrons. The van der Waals surface area contributed by atoms with Crippen LogP contribution in [0.1, 0.15) is 23.6 Å². The molecule has 0 amide bonds. The van der Waals surface area contributed by atoms with Gasteiger partial charge in [-0.05, 0) is 110 Å². The van der Waals surface area contributed by atoms with Gasteiger partial charge >= 0.3 is 0 Å². The summed E-state index contributed by atoms with van der Waals surface area (Å²) in [5.74, 6) is 0. The number of hydrogen-bond acceptors (Lipinski definition) is 2. The molecule has 10 aromatic rings. The second-order valence-corrected chi connectivity index (χ2v) is 15.0. The first-order chi connectivity index (χ1) is 27.6. The van der Waals surface area contributed by atoms with Crippen molar-refractivity contribution in [2.75, 3.05) is 4.90 Å². The van der Waals surface area contributed by atoms with Crippen LogP contribution in [-0.2, 0) is 5.41 Å². The highest BCUT2D eigenvalue weighted by Crippen LogP contribution is 2.57. The summed E-state index contributed by atoms with van der Waals surface area (Å²) < 4.78 is 6.67. The molecule has 1 aromatic heterocycles. The number of benzene rings is 9. The number of para-hydroxylation sites is 1. The molecule has 56 heavy (non-hydrogen) atoms. The average molecular weight is 716 g/mol. The molecule has 9 aromatic carbocycles. The summed E-state index contributed by atoms with van der Waals surface area (Å²) in [6.07, 6.45) is 0. The third-order valence-electron chi connectivity index (χ3n) is 11.9. The lowest BCUT2D eigenvalue weighted by Crippen LogP contribution is -2.26. The van der Waals surface area contributed by atoms with Crippen molar-refractivity contribution in [3.63, 3.8) is 0 Å². The Morgan fingerprint density at radius 2 is 0.929 bits per heavy atom. The van der Waals surface area contributed by atoms with Crippen LogP contribution in [0.3, 0.4) is 0 Å². The lowest BCUT2D eigenvalue weighted by atomic mass is 9.73. The normalized spacial score (nSPS) is 12.9. The van der Waals surface area contributed by atoms with Gasteiger partial charge in [0.05, 0.1) is 11.1 Å². The molecule has 11 rings (SSSR count). The number of furan rings is 1. The monoisotopic (exact) mass is 715 g/mol. The lowest BCUT2D eigenvalue weighted by molar-refractivity contribution is 0.667. The van der Waals surface area contributed by atoms with Crippen molar-refractivity contribution in [1.82, 2.24) is 0 Å². The fraction of sp³-hybridized carbons (Fsp3) is 0.0370. The Kier molecular flexibility index (Phi) is 7.33. The molecule has 0 atom stereocenters. The molecule has 2 heteroatoms. The van der Waals surface area contributed by atoms with Crippen LogP contribution >= 0.6 is 0 Å². The Bertz CT molecular complexity index is 3040. The predicted molar refractivity (Wildman–Crippen MR) is 234 cm³/mol. The van der Waals surface area contributed by atoms with E-state index in [0.29, 0.717) is 0 Å². The zero-order valence-electron chi connectivity index (χ0n) is 31.0. The molecule has 1 aliphatic carbocycles. The van der Waals surface area contributed by atoms with E-state index in [1.807, 2.05) is 0 Å². The highest BCUT2D eigenvalue weighted by molar-refractivity contribution is 6.15. The standard InChI is InChI=1S/C54H37NO/c1-54(47-20-10-7-17-44(47)45-18-8-11-21-48(45)54)49-33-34-51-52(46-19-9-12-22-50(46)56-51)53(49)55(42-29-25-38(26-30-42)36-13-3-2-4-14-36)43-31-27-39(28-32-43)41-24-23-37-15-5-6-16-40(37)35-41/h2-35H,1H3. The fourth-order valence-electron chi connectivity index (χ4n) is 9.19. The maximum Gasteiger partial charge on any atom is 0.137 e. The SMILES string of the molecule is CC1(c2ccc3oc4ccccc4c3c2N(c2ccc(-c3ccccc3)cc2)c2ccc(-c3ccc4ccccc4c3)cc2)c2ccccc2-c2ccccc21.